The van der Waals surface area contributed by atoms with Crippen LogP contribution in [-0.4, -0.2) is 39.1 Å². The number of hydrogen-bond donors (Lipinski definition) is 3. The number of nitrogens with two attached hydrogens (primary N) is 2. The number of unbranched alkanes of at least 4 members (excludes halogenated alkanes) is 2. The van der Waals surface area contributed by atoms with Crippen LogP contribution in [0.1, 0.15) is 60.3 Å². The molecular weight excluding hydrogens is 494 g/mol. The van der Waals surface area contributed by atoms with E-state index in [1.807, 2.05) is 0 Å². The van der Waals surface area contributed by atoms with Gasteiger partial charge in [-0.25, -0.2) is 4.58 Å². The first kappa shape index (κ1) is 32.6. The van der Waals surface area contributed by atoms with Crippen LogP contribution in [0, 0.1) is 5.41 Å². The highest BCUT2D eigenvalue weighted by Crippen LogP contribution is 2.40. The minimum absolute atomic E-state index is 0.318. The molecule has 0 aromatic heterocycles. The van der Waals surface area contributed by atoms with Crippen LogP contribution >= 0.6 is 0 Å². The predicted molar refractivity (Wildman–Crippen MR) is 174 cm³/mol. The standard InChI is InChI=1S/C27H31N2O.C6H14N2.CH5N/c1-5-28(6-2)21-14-16-23-25(18-21)30-26-19-22(29(7-3)8-4)15-17-24(26)27(23)20-12-10-9-11-13-20;1-2-3-4-5-6(7)8;1-2/h9-19H,5-8H2,1-4H3;2-5H2,1H3,(H3,7,8);2H2,1H3/q+1;;. The Labute approximate surface area is 241 Å². The number of amidine groups is 1. The molecule has 0 unspecified atom stereocenters. The van der Waals surface area contributed by atoms with E-state index >= 15 is 0 Å². The summed E-state index contributed by atoms with van der Waals surface area (Å²) in [5.41, 5.74) is 15.4. The molecule has 1 heterocycles. The van der Waals surface area contributed by atoms with Gasteiger partial charge in [0.2, 0.25) is 5.36 Å². The minimum Gasteiger partial charge on any atom is -0.456 e. The molecule has 40 heavy (non-hydrogen) atoms. The van der Waals surface area contributed by atoms with E-state index in [9.17, 15) is 0 Å². The molecule has 5 N–H and O–H groups in total. The first-order valence-electron chi connectivity index (χ1n) is 14.8. The van der Waals surface area contributed by atoms with Gasteiger partial charge in [-0.2, -0.15) is 0 Å². The average molecular weight is 545 g/mol. The monoisotopic (exact) mass is 544 g/mol. The zero-order chi connectivity index (χ0) is 29.5. The number of benzene rings is 3. The Hall–Kier alpha value is -3.64. The third-order valence-corrected chi connectivity index (χ3v) is 7.06. The molecule has 0 amide bonds. The van der Waals surface area contributed by atoms with Crippen molar-refractivity contribution in [3.8, 4) is 22.5 Å². The van der Waals surface area contributed by atoms with E-state index in [0.29, 0.717) is 5.84 Å². The third kappa shape index (κ3) is 8.43. The van der Waals surface area contributed by atoms with Crippen LogP contribution in [0.15, 0.2) is 71.1 Å². The summed E-state index contributed by atoms with van der Waals surface area (Å²) in [7, 11) is 1.50. The van der Waals surface area contributed by atoms with Crippen LogP contribution in [0.2, 0.25) is 0 Å². The first-order chi connectivity index (χ1) is 19.5. The summed E-state index contributed by atoms with van der Waals surface area (Å²) in [5.74, 6) is 1.25. The van der Waals surface area contributed by atoms with Crippen LogP contribution in [-0.2, 0) is 0 Å². The summed E-state index contributed by atoms with van der Waals surface area (Å²) < 4.78 is 8.87. The summed E-state index contributed by atoms with van der Waals surface area (Å²) in [6, 6.07) is 23.9. The smallest absolute Gasteiger partial charge is 0.203 e. The SMILES string of the molecule is CCCCCC(=N)N.CCN(CC)c1ccc2c(-c3ccccc3)c3ccc(=[N+](CC)CC)cc-3oc2c1.CN. The van der Waals surface area contributed by atoms with Crippen LogP contribution in [0.4, 0.5) is 5.69 Å². The van der Waals surface area contributed by atoms with Crippen molar-refractivity contribution in [1.82, 2.24) is 4.58 Å². The van der Waals surface area contributed by atoms with Crippen molar-refractivity contribution < 1.29 is 4.42 Å². The lowest BCUT2D eigenvalue weighted by Gasteiger charge is -2.22. The lowest BCUT2D eigenvalue weighted by Crippen LogP contribution is -2.29. The van der Waals surface area contributed by atoms with Gasteiger partial charge in [0.05, 0.1) is 11.9 Å². The Balaban J connectivity index is 0.000000484. The number of hydrogen-bond acceptors (Lipinski definition) is 4. The molecule has 216 valence electrons. The maximum atomic E-state index is 6.85. The Bertz CT molecular complexity index is 1350. The van der Waals surface area contributed by atoms with Crippen molar-refractivity contribution in [2.45, 2.75) is 60.3 Å². The summed E-state index contributed by atoms with van der Waals surface area (Å²) >= 11 is 0. The van der Waals surface area contributed by atoms with Crippen molar-refractivity contribution in [3.63, 3.8) is 0 Å². The second-order valence-corrected chi connectivity index (χ2v) is 9.53. The van der Waals surface area contributed by atoms with Crippen LogP contribution < -0.4 is 26.3 Å². The molecule has 2 aliphatic rings. The van der Waals surface area contributed by atoms with Crippen molar-refractivity contribution in [2.75, 3.05) is 38.1 Å². The molecule has 6 heteroatoms. The second kappa shape index (κ2) is 17.1. The van der Waals surface area contributed by atoms with Gasteiger partial charge in [0.25, 0.3) is 0 Å². The fraction of sp³-hybridized carbons (Fsp3) is 0.412. The van der Waals surface area contributed by atoms with Gasteiger partial charge in [0.1, 0.15) is 24.4 Å². The molecule has 2 aromatic rings. The Morgan fingerprint density at radius 2 is 1.52 bits per heavy atom. The fourth-order valence-corrected chi connectivity index (χ4v) is 4.92. The highest BCUT2D eigenvalue weighted by atomic mass is 16.3. The number of fused-ring (bicyclic) bond motifs is 2. The van der Waals surface area contributed by atoms with Crippen LogP contribution in [0.5, 0.6) is 0 Å². The van der Waals surface area contributed by atoms with E-state index in [1.165, 1.54) is 42.1 Å². The summed E-state index contributed by atoms with van der Waals surface area (Å²) in [5, 5.41) is 9.21. The predicted octanol–water partition coefficient (Wildman–Crippen LogP) is 6.94. The largest absolute Gasteiger partial charge is 0.456 e. The molecule has 1 aliphatic carbocycles. The van der Waals surface area contributed by atoms with Gasteiger partial charge in [0, 0.05) is 53.8 Å². The lowest BCUT2D eigenvalue weighted by molar-refractivity contribution is 0.604. The molecule has 0 bridgehead atoms. The van der Waals surface area contributed by atoms with E-state index in [1.54, 1.807) is 0 Å². The molecule has 0 fully saturated rings. The van der Waals surface area contributed by atoms with Gasteiger partial charge < -0.3 is 20.8 Å². The molecular formula is C34H50N5O+. The number of anilines is 1. The summed E-state index contributed by atoms with van der Waals surface area (Å²) in [4.78, 5) is 2.35. The van der Waals surface area contributed by atoms with Gasteiger partial charge in [-0.05, 0) is 64.9 Å². The van der Waals surface area contributed by atoms with Gasteiger partial charge in [-0.3, -0.25) is 5.41 Å². The number of nitrogens with one attached hydrogen (secondary N) is 1. The van der Waals surface area contributed by atoms with Crippen LogP contribution in [0.25, 0.3) is 33.4 Å². The van der Waals surface area contributed by atoms with E-state index in [-0.39, 0.29) is 0 Å². The fourth-order valence-electron chi connectivity index (χ4n) is 4.92. The zero-order valence-electron chi connectivity index (χ0n) is 25.5. The van der Waals surface area contributed by atoms with Gasteiger partial charge in [-0.1, -0.05) is 50.1 Å². The summed E-state index contributed by atoms with van der Waals surface area (Å²) in [6.45, 7) is 14.8. The lowest BCUT2D eigenvalue weighted by atomic mass is 9.93. The molecule has 6 nitrogen and oxygen atoms in total. The van der Waals surface area contributed by atoms with Gasteiger partial charge >= 0.3 is 0 Å². The van der Waals surface area contributed by atoms with E-state index < -0.39 is 0 Å². The van der Waals surface area contributed by atoms with Crippen molar-refractivity contribution >= 4 is 22.5 Å². The van der Waals surface area contributed by atoms with Crippen LogP contribution in [0.3, 0.4) is 0 Å². The topological polar surface area (TPSA) is 95.3 Å². The normalized spacial score (nSPS) is 10.4. The van der Waals surface area contributed by atoms with E-state index in [2.05, 4.69) is 117 Å². The number of nitrogens with zero attached hydrogens (tertiary/aromatic N) is 2. The molecule has 0 saturated heterocycles. The van der Waals surface area contributed by atoms with Crippen molar-refractivity contribution in [3.05, 3.63) is 72.1 Å². The Morgan fingerprint density at radius 1 is 0.850 bits per heavy atom. The average Bonchev–Trinajstić information content (AvgIpc) is 2.99. The van der Waals surface area contributed by atoms with E-state index in [4.69, 9.17) is 15.6 Å². The number of rotatable bonds is 10. The molecule has 2 aromatic carbocycles. The molecule has 0 saturated carbocycles. The maximum absolute atomic E-state index is 6.85. The minimum atomic E-state index is 0.318. The maximum Gasteiger partial charge on any atom is 0.203 e. The highest BCUT2D eigenvalue weighted by Gasteiger charge is 2.19. The summed E-state index contributed by atoms with van der Waals surface area (Å²) in [6.07, 6.45) is 4.24. The molecule has 4 rings (SSSR count). The first-order valence-corrected chi connectivity index (χ1v) is 14.8. The quantitative estimate of drug-likeness (QED) is 0.0662. The van der Waals surface area contributed by atoms with Gasteiger partial charge in [-0.15, -0.1) is 0 Å². The molecule has 0 spiro atoms. The van der Waals surface area contributed by atoms with Crippen molar-refractivity contribution in [2.24, 2.45) is 11.5 Å². The van der Waals surface area contributed by atoms with E-state index in [0.717, 1.165) is 61.3 Å². The second-order valence-electron chi connectivity index (χ2n) is 9.53. The zero-order valence-corrected chi connectivity index (χ0v) is 25.5. The Morgan fingerprint density at radius 3 is 2.10 bits per heavy atom. The molecule has 0 atom stereocenters. The Kier molecular flexibility index (Phi) is 14.0. The van der Waals surface area contributed by atoms with Gasteiger partial charge in [0.15, 0.2) is 0 Å². The van der Waals surface area contributed by atoms with Crippen molar-refractivity contribution in [1.29, 1.82) is 5.41 Å². The molecule has 1 aliphatic heterocycles. The highest BCUT2D eigenvalue weighted by molar-refractivity contribution is 6.02. The third-order valence-electron chi connectivity index (χ3n) is 7.06. The molecule has 0 radical (unpaired) electrons.